The van der Waals surface area contributed by atoms with Crippen molar-refractivity contribution in [2.75, 3.05) is 36.4 Å². The van der Waals surface area contributed by atoms with Crippen LogP contribution in [0.4, 0.5) is 21.7 Å². The molecule has 1 fully saturated rings. The number of anilines is 3. The Hall–Kier alpha value is -3.48. The van der Waals surface area contributed by atoms with E-state index in [0.29, 0.717) is 37.6 Å². The molecular weight excluding hydrogens is 357 g/mol. The zero-order chi connectivity index (χ0) is 19.3. The first-order chi connectivity index (χ1) is 13.7. The molecule has 2 aromatic carbocycles. The SMILES string of the molecule is O=C(c1cccc(F)c1)N1CCN(c2ccc(Nc3ccccc3)nn2)CC1. The Kier molecular flexibility index (Phi) is 5.14. The lowest BCUT2D eigenvalue weighted by molar-refractivity contribution is 0.0746. The lowest BCUT2D eigenvalue weighted by Crippen LogP contribution is -2.49. The van der Waals surface area contributed by atoms with Crippen LogP contribution >= 0.6 is 0 Å². The zero-order valence-electron chi connectivity index (χ0n) is 15.3. The molecule has 0 radical (unpaired) electrons. The molecule has 1 N–H and O–H groups in total. The van der Waals surface area contributed by atoms with Crippen LogP contribution in [0.3, 0.4) is 0 Å². The summed E-state index contributed by atoms with van der Waals surface area (Å²) in [5, 5.41) is 11.7. The molecule has 0 bridgehead atoms. The van der Waals surface area contributed by atoms with Crippen molar-refractivity contribution < 1.29 is 9.18 Å². The van der Waals surface area contributed by atoms with E-state index >= 15 is 0 Å². The Bertz CT molecular complexity index is 941. The number of aromatic nitrogens is 2. The molecule has 0 aliphatic carbocycles. The topological polar surface area (TPSA) is 61.4 Å². The molecule has 2 heterocycles. The quantitative estimate of drug-likeness (QED) is 0.756. The highest BCUT2D eigenvalue weighted by Crippen LogP contribution is 2.18. The largest absolute Gasteiger partial charge is 0.352 e. The van der Waals surface area contributed by atoms with Crippen molar-refractivity contribution in [2.45, 2.75) is 0 Å². The van der Waals surface area contributed by atoms with Crippen molar-refractivity contribution in [1.29, 1.82) is 0 Å². The van der Waals surface area contributed by atoms with Gasteiger partial charge in [-0.15, -0.1) is 10.2 Å². The summed E-state index contributed by atoms with van der Waals surface area (Å²) >= 11 is 0. The van der Waals surface area contributed by atoms with Gasteiger partial charge in [0.15, 0.2) is 11.6 Å². The first-order valence-corrected chi connectivity index (χ1v) is 9.15. The molecule has 4 rings (SSSR count). The lowest BCUT2D eigenvalue weighted by Gasteiger charge is -2.35. The average Bonchev–Trinajstić information content (AvgIpc) is 2.75. The van der Waals surface area contributed by atoms with E-state index in [9.17, 15) is 9.18 Å². The lowest BCUT2D eigenvalue weighted by atomic mass is 10.1. The second-order valence-corrected chi connectivity index (χ2v) is 6.56. The van der Waals surface area contributed by atoms with Crippen LogP contribution in [0, 0.1) is 5.82 Å². The molecule has 1 aliphatic heterocycles. The maximum absolute atomic E-state index is 13.3. The Balaban J connectivity index is 1.35. The van der Waals surface area contributed by atoms with Gasteiger partial charge in [0, 0.05) is 37.4 Å². The van der Waals surface area contributed by atoms with Gasteiger partial charge >= 0.3 is 0 Å². The number of halogens is 1. The summed E-state index contributed by atoms with van der Waals surface area (Å²) < 4.78 is 13.3. The molecule has 0 spiro atoms. The van der Waals surface area contributed by atoms with Gasteiger partial charge in [-0.25, -0.2) is 4.39 Å². The maximum atomic E-state index is 13.3. The van der Waals surface area contributed by atoms with Crippen molar-refractivity contribution in [2.24, 2.45) is 0 Å². The molecule has 0 atom stereocenters. The highest BCUT2D eigenvalue weighted by Gasteiger charge is 2.23. The third-order valence-electron chi connectivity index (χ3n) is 4.66. The van der Waals surface area contributed by atoms with Gasteiger partial charge < -0.3 is 15.1 Å². The van der Waals surface area contributed by atoms with Gasteiger partial charge in [-0.2, -0.15) is 0 Å². The maximum Gasteiger partial charge on any atom is 0.254 e. The Morgan fingerprint density at radius 3 is 2.36 bits per heavy atom. The van der Waals surface area contributed by atoms with E-state index in [2.05, 4.69) is 20.4 Å². The Labute approximate surface area is 162 Å². The van der Waals surface area contributed by atoms with Gasteiger partial charge in [-0.1, -0.05) is 24.3 Å². The number of nitrogens with one attached hydrogen (secondary N) is 1. The minimum absolute atomic E-state index is 0.146. The second kappa shape index (κ2) is 8.04. The van der Waals surface area contributed by atoms with E-state index in [4.69, 9.17) is 0 Å². The smallest absolute Gasteiger partial charge is 0.254 e. The number of piperazine rings is 1. The average molecular weight is 377 g/mol. The minimum atomic E-state index is -0.399. The van der Waals surface area contributed by atoms with Crippen LogP contribution < -0.4 is 10.2 Å². The first-order valence-electron chi connectivity index (χ1n) is 9.15. The van der Waals surface area contributed by atoms with Crippen LogP contribution in [0.25, 0.3) is 0 Å². The fraction of sp³-hybridized carbons (Fsp3) is 0.190. The number of para-hydroxylation sites is 1. The molecule has 3 aromatic rings. The molecule has 6 nitrogen and oxygen atoms in total. The fourth-order valence-corrected chi connectivity index (χ4v) is 3.17. The summed E-state index contributed by atoms with van der Waals surface area (Å²) in [6.07, 6.45) is 0. The summed E-state index contributed by atoms with van der Waals surface area (Å²) in [5.74, 6) is 0.905. The van der Waals surface area contributed by atoms with E-state index in [1.165, 1.54) is 12.1 Å². The minimum Gasteiger partial charge on any atom is -0.352 e. The predicted octanol–water partition coefficient (Wildman–Crippen LogP) is 3.32. The second-order valence-electron chi connectivity index (χ2n) is 6.56. The van der Waals surface area contributed by atoms with Crippen LogP contribution in [0.1, 0.15) is 10.4 Å². The third-order valence-corrected chi connectivity index (χ3v) is 4.66. The number of amides is 1. The number of rotatable bonds is 4. The van der Waals surface area contributed by atoms with Crippen LogP contribution in [-0.2, 0) is 0 Å². The number of benzene rings is 2. The Morgan fingerprint density at radius 1 is 0.893 bits per heavy atom. The molecule has 1 saturated heterocycles. The van der Waals surface area contributed by atoms with Crippen LogP contribution in [0.2, 0.25) is 0 Å². The van der Waals surface area contributed by atoms with Gasteiger partial charge in [0.25, 0.3) is 5.91 Å². The van der Waals surface area contributed by atoms with Crippen molar-refractivity contribution in [3.63, 3.8) is 0 Å². The Morgan fingerprint density at radius 2 is 1.68 bits per heavy atom. The van der Waals surface area contributed by atoms with Gasteiger partial charge in [0.1, 0.15) is 5.82 Å². The third kappa shape index (κ3) is 4.09. The monoisotopic (exact) mass is 377 g/mol. The summed E-state index contributed by atoms with van der Waals surface area (Å²) in [6, 6.07) is 19.4. The molecule has 0 unspecified atom stereocenters. The standard InChI is InChI=1S/C21H20FN5O/c22-17-6-4-5-16(15-17)21(28)27-13-11-26(12-14-27)20-10-9-19(24-25-20)23-18-7-2-1-3-8-18/h1-10,15H,11-14H2,(H,23,24). The molecule has 28 heavy (non-hydrogen) atoms. The van der Waals surface area contributed by atoms with Crippen LogP contribution in [0.5, 0.6) is 0 Å². The molecule has 1 aliphatic rings. The van der Waals surface area contributed by atoms with Crippen LogP contribution in [0.15, 0.2) is 66.7 Å². The van der Waals surface area contributed by atoms with E-state index in [1.54, 1.807) is 17.0 Å². The van der Waals surface area contributed by atoms with E-state index in [-0.39, 0.29) is 5.91 Å². The molecule has 7 heteroatoms. The number of carbonyl (C=O) groups is 1. The van der Waals surface area contributed by atoms with E-state index in [1.807, 2.05) is 42.5 Å². The highest BCUT2D eigenvalue weighted by atomic mass is 19.1. The summed E-state index contributed by atoms with van der Waals surface area (Å²) in [4.78, 5) is 16.3. The van der Waals surface area contributed by atoms with Gasteiger partial charge in [0.05, 0.1) is 0 Å². The molecule has 1 aromatic heterocycles. The van der Waals surface area contributed by atoms with Crippen molar-refractivity contribution >= 4 is 23.2 Å². The summed E-state index contributed by atoms with van der Waals surface area (Å²) in [5.41, 5.74) is 1.33. The zero-order valence-corrected chi connectivity index (χ0v) is 15.3. The summed E-state index contributed by atoms with van der Waals surface area (Å²) in [7, 11) is 0. The van der Waals surface area contributed by atoms with Crippen molar-refractivity contribution in [3.8, 4) is 0 Å². The number of hydrogen-bond acceptors (Lipinski definition) is 5. The normalized spacial score (nSPS) is 14.0. The molecular formula is C21H20FN5O. The fourth-order valence-electron chi connectivity index (χ4n) is 3.17. The van der Waals surface area contributed by atoms with Crippen molar-refractivity contribution in [3.05, 3.63) is 78.1 Å². The van der Waals surface area contributed by atoms with Crippen molar-refractivity contribution in [1.82, 2.24) is 15.1 Å². The van der Waals surface area contributed by atoms with Crippen LogP contribution in [-0.4, -0.2) is 47.2 Å². The van der Waals surface area contributed by atoms with Gasteiger partial charge in [0.2, 0.25) is 0 Å². The first kappa shape index (κ1) is 17.9. The van der Waals surface area contributed by atoms with E-state index < -0.39 is 5.82 Å². The molecule has 1 amide bonds. The molecule has 0 saturated carbocycles. The van der Waals surface area contributed by atoms with Gasteiger partial charge in [-0.05, 0) is 42.5 Å². The number of nitrogens with zero attached hydrogens (tertiary/aromatic N) is 4. The van der Waals surface area contributed by atoms with E-state index in [0.717, 1.165) is 11.5 Å². The predicted molar refractivity (Wildman–Crippen MR) is 106 cm³/mol. The van der Waals surface area contributed by atoms with Gasteiger partial charge in [-0.3, -0.25) is 4.79 Å². The number of carbonyl (C=O) groups excluding carboxylic acids is 1. The summed E-state index contributed by atoms with van der Waals surface area (Å²) in [6.45, 7) is 2.42. The highest BCUT2D eigenvalue weighted by molar-refractivity contribution is 5.94. The number of hydrogen-bond donors (Lipinski definition) is 1. The molecule has 142 valence electrons.